The lowest BCUT2D eigenvalue weighted by Gasteiger charge is -2.11. The van der Waals surface area contributed by atoms with Crippen molar-refractivity contribution in [1.29, 1.82) is 0 Å². The standard InChI is InChI=1S/C14H20ClN5O2/c1-8(2)16-13-17-11-10(20(13)7-6-9(3)15)12(21)19(5)14(22)18(11)4/h6,8H,7H2,1-5H3,(H,16,17)/b9-6-. The van der Waals surface area contributed by atoms with Gasteiger partial charge < -0.3 is 9.88 Å². The van der Waals surface area contributed by atoms with Crippen LogP contribution in [0.3, 0.4) is 0 Å². The van der Waals surface area contributed by atoms with E-state index in [1.165, 1.54) is 11.6 Å². The summed E-state index contributed by atoms with van der Waals surface area (Å²) in [6.45, 7) is 6.12. The molecule has 0 fully saturated rings. The topological polar surface area (TPSA) is 73.8 Å². The lowest BCUT2D eigenvalue weighted by atomic mass is 10.4. The summed E-state index contributed by atoms with van der Waals surface area (Å²) in [7, 11) is 3.06. The Morgan fingerprint density at radius 2 is 1.95 bits per heavy atom. The van der Waals surface area contributed by atoms with Crippen LogP contribution in [0.2, 0.25) is 0 Å². The molecule has 0 amide bonds. The lowest BCUT2D eigenvalue weighted by Crippen LogP contribution is -2.37. The maximum atomic E-state index is 12.5. The van der Waals surface area contributed by atoms with E-state index < -0.39 is 5.69 Å². The molecule has 120 valence electrons. The molecule has 0 atom stereocenters. The van der Waals surface area contributed by atoms with Crippen LogP contribution in [-0.2, 0) is 20.6 Å². The van der Waals surface area contributed by atoms with Crippen molar-refractivity contribution >= 4 is 28.7 Å². The summed E-state index contributed by atoms with van der Waals surface area (Å²) in [6.07, 6.45) is 1.79. The minimum Gasteiger partial charge on any atom is -0.353 e. The molecule has 2 heterocycles. The predicted molar refractivity (Wildman–Crippen MR) is 88.6 cm³/mol. The first kappa shape index (κ1) is 16.4. The lowest BCUT2D eigenvalue weighted by molar-refractivity contribution is 0.703. The highest BCUT2D eigenvalue weighted by molar-refractivity contribution is 6.29. The molecule has 7 nitrogen and oxygen atoms in total. The number of nitrogens with one attached hydrogen (secondary N) is 1. The molecule has 0 bridgehead atoms. The van der Waals surface area contributed by atoms with Gasteiger partial charge in [-0.05, 0) is 20.8 Å². The first-order valence-electron chi connectivity index (χ1n) is 6.99. The van der Waals surface area contributed by atoms with Gasteiger partial charge in [0.05, 0.1) is 0 Å². The number of imidazole rings is 1. The molecule has 0 saturated carbocycles. The Bertz CT molecular complexity index is 853. The van der Waals surface area contributed by atoms with Gasteiger partial charge in [0.1, 0.15) is 0 Å². The van der Waals surface area contributed by atoms with Gasteiger partial charge in [-0.3, -0.25) is 13.9 Å². The van der Waals surface area contributed by atoms with Gasteiger partial charge in [0.25, 0.3) is 5.56 Å². The van der Waals surface area contributed by atoms with Crippen LogP contribution >= 0.6 is 11.6 Å². The molecule has 0 aliphatic heterocycles. The van der Waals surface area contributed by atoms with Crippen LogP contribution in [0.5, 0.6) is 0 Å². The molecular formula is C14H20ClN5O2. The van der Waals surface area contributed by atoms with Crippen molar-refractivity contribution in [2.24, 2.45) is 14.1 Å². The normalized spacial score (nSPS) is 12.4. The molecular weight excluding hydrogens is 306 g/mol. The van der Waals surface area contributed by atoms with Crippen molar-refractivity contribution in [3.63, 3.8) is 0 Å². The zero-order chi connectivity index (χ0) is 16.6. The van der Waals surface area contributed by atoms with Crippen molar-refractivity contribution < 1.29 is 0 Å². The minimum absolute atomic E-state index is 0.137. The van der Waals surface area contributed by atoms with Crippen molar-refractivity contribution in [3.05, 3.63) is 31.9 Å². The maximum absolute atomic E-state index is 12.5. The number of allylic oxidation sites excluding steroid dienone is 2. The molecule has 0 unspecified atom stereocenters. The number of rotatable bonds is 4. The third kappa shape index (κ3) is 2.81. The van der Waals surface area contributed by atoms with E-state index in [4.69, 9.17) is 11.6 Å². The van der Waals surface area contributed by atoms with Crippen molar-refractivity contribution in [2.45, 2.75) is 33.4 Å². The summed E-state index contributed by atoms with van der Waals surface area (Å²) in [6, 6.07) is 0.137. The molecule has 2 rings (SSSR count). The molecule has 0 spiro atoms. The van der Waals surface area contributed by atoms with E-state index in [9.17, 15) is 9.59 Å². The van der Waals surface area contributed by atoms with Gasteiger partial charge in [-0.2, -0.15) is 4.98 Å². The van der Waals surface area contributed by atoms with Gasteiger partial charge >= 0.3 is 5.69 Å². The zero-order valence-electron chi connectivity index (χ0n) is 13.3. The largest absolute Gasteiger partial charge is 0.353 e. The SMILES string of the molecule is C/C(Cl)=C/Cn1c(NC(C)C)nc2c1c(=O)n(C)c(=O)n2C. The van der Waals surface area contributed by atoms with Crippen LogP contribution in [0.4, 0.5) is 5.95 Å². The number of nitrogens with zero attached hydrogens (tertiary/aromatic N) is 4. The van der Waals surface area contributed by atoms with E-state index in [-0.39, 0.29) is 11.6 Å². The number of hydrogen-bond acceptors (Lipinski definition) is 4. The van der Waals surface area contributed by atoms with Crippen LogP contribution in [0.1, 0.15) is 20.8 Å². The second kappa shape index (κ2) is 6.00. The van der Waals surface area contributed by atoms with Crippen molar-refractivity contribution in [3.8, 4) is 0 Å². The first-order chi connectivity index (χ1) is 10.2. The molecule has 1 N–H and O–H groups in total. The third-order valence-electron chi connectivity index (χ3n) is 3.32. The second-order valence-electron chi connectivity index (χ2n) is 5.51. The van der Waals surface area contributed by atoms with Crippen LogP contribution < -0.4 is 16.6 Å². The number of anilines is 1. The van der Waals surface area contributed by atoms with E-state index in [1.54, 1.807) is 24.6 Å². The number of hydrogen-bond donors (Lipinski definition) is 1. The second-order valence-corrected chi connectivity index (χ2v) is 6.11. The predicted octanol–water partition coefficient (Wildman–Crippen LogP) is 1.40. The monoisotopic (exact) mass is 325 g/mol. The van der Waals surface area contributed by atoms with E-state index in [0.29, 0.717) is 28.7 Å². The van der Waals surface area contributed by atoms with Gasteiger partial charge in [-0.15, -0.1) is 0 Å². The van der Waals surface area contributed by atoms with Crippen molar-refractivity contribution in [1.82, 2.24) is 18.7 Å². The molecule has 2 aromatic rings. The van der Waals surface area contributed by atoms with E-state index >= 15 is 0 Å². The Hall–Kier alpha value is -2.02. The van der Waals surface area contributed by atoms with Gasteiger partial charge in [-0.25, -0.2) is 4.79 Å². The first-order valence-corrected chi connectivity index (χ1v) is 7.37. The Labute approximate surface area is 132 Å². The molecule has 22 heavy (non-hydrogen) atoms. The highest BCUT2D eigenvalue weighted by Crippen LogP contribution is 2.17. The molecule has 0 aliphatic rings. The number of aryl methyl sites for hydroxylation is 1. The summed E-state index contributed by atoms with van der Waals surface area (Å²) in [5, 5.41) is 3.82. The highest BCUT2D eigenvalue weighted by Gasteiger charge is 2.18. The average Bonchev–Trinajstić information content (AvgIpc) is 2.78. The highest BCUT2D eigenvalue weighted by atomic mass is 35.5. The smallest absolute Gasteiger partial charge is 0.332 e. The van der Waals surface area contributed by atoms with E-state index in [2.05, 4.69) is 10.3 Å². The van der Waals surface area contributed by atoms with Crippen molar-refractivity contribution in [2.75, 3.05) is 5.32 Å². The Balaban J connectivity index is 2.84. The minimum atomic E-state index is -0.401. The quantitative estimate of drug-likeness (QED) is 0.922. The summed E-state index contributed by atoms with van der Waals surface area (Å²) < 4.78 is 4.19. The average molecular weight is 326 g/mol. The summed E-state index contributed by atoms with van der Waals surface area (Å²) in [5.74, 6) is 0.539. The zero-order valence-corrected chi connectivity index (χ0v) is 14.1. The van der Waals surface area contributed by atoms with E-state index in [1.807, 2.05) is 13.8 Å². The molecule has 2 aromatic heterocycles. The summed E-state index contributed by atoms with van der Waals surface area (Å²) in [4.78, 5) is 28.9. The molecule has 0 radical (unpaired) electrons. The Morgan fingerprint density at radius 1 is 1.32 bits per heavy atom. The molecule has 0 saturated heterocycles. The van der Waals surface area contributed by atoms with Crippen LogP contribution in [0, 0.1) is 0 Å². The van der Waals surface area contributed by atoms with Gasteiger partial charge in [0.15, 0.2) is 11.2 Å². The number of aromatic nitrogens is 4. The fraction of sp³-hybridized carbons (Fsp3) is 0.500. The Kier molecular flexibility index (Phi) is 4.46. The van der Waals surface area contributed by atoms with Gasteiger partial charge in [-0.1, -0.05) is 17.7 Å². The van der Waals surface area contributed by atoms with Crippen LogP contribution in [0.25, 0.3) is 11.2 Å². The van der Waals surface area contributed by atoms with Crippen LogP contribution in [-0.4, -0.2) is 24.7 Å². The Morgan fingerprint density at radius 3 is 2.50 bits per heavy atom. The molecule has 0 aliphatic carbocycles. The fourth-order valence-electron chi connectivity index (χ4n) is 2.21. The number of halogens is 1. The van der Waals surface area contributed by atoms with Crippen LogP contribution in [0.15, 0.2) is 20.7 Å². The van der Waals surface area contributed by atoms with Gasteiger partial charge in [0.2, 0.25) is 5.95 Å². The molecule has 8 heteroatoms. The summed E-state index contributed by atoms with van der Waals surface area (Å²) >= 11 is 5.90. The maximum Gasteiger partial charge on any atom is 0.332 e. The number of fused-ring (bicyclic) bond motifs is 1. The van der Waals surface area contributed by atoms with Gasteiger partial charge in [0, 0.05) is 31.7 Å². The summed E-state index contributed by atoms with van der Waals surface area (Å²) in [5.41, 5.74) is -0.0378. The molecule has 0 aromatic carbocycles. The fourth-order valence-corrected chi connectivity index (χ4v) is 2.28. The third-order valence-corrected chi connectivity index (χ3v) is 3.48. The van der Waals surface area contributed by atoms with E-state index in [0.717, 1.165) is 4.57 Å².